The Kier molecular flexibility index (Phi) is 3.28. The number of rotatable bonds is 3. The molecule has 4 nitrogen and oxygen atoms in total. The lowest BCUT2D eigenvalue weighted by Crippen LogP contribution is -2.35. The van der Waals surface area contributed by atoms with E-state index in [0.29, 0.717) is 6.54 Å². The van der Waals surface area contributed by atoms with Gasteiger partial charge in [-0.05, 0) is 20.8 Å². The number of aromatic nitrogens is 2. The van der Waals surface area contributed by atoms with E-state index in [1.54, 1.807) is 11.1 Å². The Morgan fingerprint density at radius 3 is 2.71 bits per heavy atom. The smallest absolute Gasteiger partial charge is 0.242 e. The molecule has 0 saturated heterocycles. The van der Waals surface area contributed by atoms with Gasteiger partial charge < -0.3 is 9.47 Å². The SMILES string of the molecule is Cc1nccn1CC(=O)N(C)C(C)C. The first-order chi connectivity index (χ1) is 6.52. The molecule has 0 saturated carbocycles. The molecule has 0 aliphatic carbocycles. The molecule has 1 aromatic heterocycles. The van der Waals surface area contributed by atoms with Crippen LogP contribution in [0, 0.1) is 6.92 Å². The van der Waals surface area contributed by atoms with Crippen molar-refractivity contribution >= 4 is 5.91 Å². The number of imidazole rings is 1. The molecule has 0 bridgehead atoms. The zero-order chi connectivity index (χ0) is 10.7. The van der Waals surface area contributed by atoms with E-state index in [1.807, 2.05) is 38.6 Å². The molecule has 14 heavy (non-hydrogen) atoms. The number of aryl methyl sites for hydroxylation is 1. The zero-order valence-corrected chi connectivity index (χ0v) is 9.19. The Morgan fingerprint density at radius 2 is 2.29 bits per heavy atom. The van der Waals surface area contributed by atoms with Gasteiger partial charge in [0.05, 0.1) is 0 Å². The van der Waals surface area contributed by atoms with Crippen LogP contribution in [0.25, 0.3) is 0 Å². The quantitative estimate of drug-likeness (QED) is 0.723. The highest BCUT2D eigenvalue weighted by Crippen LogP contribution is 2.00. The lowest BCUT2D eigenvalue weighted by Gasteiger charge is -2.21. The molecule has 0 fully saturated rings. The zero-order valence-electron chi connectivity index (χ0n) is 9.19. The third-order valence-electron chi connectivity index (χ3n) is 2.40. The van der Waals surface area contributed by atoms with Crippen LogP contribution in [0.2, 0.25) is 0 Å². The number of carbonyl (C=O) groups excluding carboxylic acids is 1. The number of hydrogen-bond donors (Lipinski definition) is 0. The minimum atomic E-state index is 0.112. The van der Waals surface area contributed by atoms with E-state index in [-0.39, 0.29) is 11.9 Å². The largest absolute Gasteiger partial charge is 0.342 e. The second kappa shape index (κ2) is 4.26. The summed E-state index contributed by atoms with van der Waals surface area (Å²) in [5.74, 6) is 0.983. The van der Waals surface area contributed by atoms with Crippen molar-refractivity contribution in [2.45, 2.75) is 33.4 Å². The van der Waals surface area contributed by atoms with Crippen molar-refractivity contribution in [2.75, 3.05) is 7.05 Å². The summed E-state index contributed by atoms with van der Waals surface area (Å²) in [6.07, 6.45) is 3.53. The maximum atomic E-state index is 11.7. The minimum absolute atomic E-state index is 0.112. The molecule has 0 atom stereocenters. The summed E-state index contributed by atoms with van der Waals surface area (Å²) >= 11 is 0. The second-order valence-corrected chi connectivity index (χ2v) is 3.70. The van der Waals surface area contributed by atoms with E-state index in [9.17, 15) is 4.79 Å². The molecule has 4 heteroatoms. The Hall–Kier alpha value is -1.32. The standard InChI is InChI=1S/C10H17N3O/c1-8(2)12(4)10(14)7-13-6-5-11-9(13)3/h5-6,8H,7H2,1-4H3. The van der Waals surface area contributed by atoms with E-state index in [0.717, 1.165) is 5.82 Å². The molecular weight excluding hydrogens is 178 g/mol. The molecule has 78 valence electrons. The van der Waals surface area contributed by atoms with E-state index in [1.165, 1.54) is 0 Å². The minimum Gasteiger partial charge on any atom is -0.342 e. The molecule has 1 aromatic rings. The fourth-order valence-electron chi connectivity index (χ4n) is 1.12. The number of carbonyl (C=O) groups is 1. The summed E-state index contributed by atoms with van der Waals surface area (Å²) in [6, 6.07) is 0.242. The van der Waals surface area contributed by atoms with Crippen molar-refractivity contribution < 1.29 is 4.79 Å². The Bertz CT molecular complexity index is 317. The van der Waals surface area contributed by atoms with Gasteiger partial charge in [-0.25, -0.2) is 4.98 Å². The van der Waals surface area contributed by atoms with Crippen molar-refractivity contribution in [3.8, 4) is 0 Å². The second-order valence-electron chi connectivity index (χ2n) is 3.70. The lowest BCUT2D eigenvalue weighted by molar-refractivity contribution is -0.132. The van der Waals surface area contributed by atoms with Crippen LogP contribution in [0.15, 0.2) is 12.4 Å². The third kappa shape index (κ3) is 2.34. The van der Waals surface area contributed by atoms with Gasteiger partial charge in [0.1, 0.15) is 12.4 Å². The van der Waals surface area contributed by atoms with Gasteiger partial charge in [-0.3, -0.25) is 4.79 Å². The maximum absolute atomic E-state index is 11.7. The summed E-state index contributed by atoms with van der Waals surface area (Å²) in [4.78, 5) is 17.5. The van der Waals surface area contributed by atoms with Crippen LogP contribution in [0.1, 0.15) is 19.7 Å². The Labute approximate surface area is 84.5 Å². The van der Waals surface area contributed by atoms with Gasteiger partial charge in [0, 0.05) is 25.5 Å². The lowest BCUT2D eigenvalue weighted by atomic mass is 10.3. The molecule has 1 rings (SSSR count). The van der Waals surface area contributed by atoms with Crippen molar-refractivity contribution in [2.24, 2.45) is 0 Å². The van der Waals surface area contributed by atoms with Crippen LogP contribution in [0.4, 0.5) is 0 Å². The van der Waals surface area contributed by atoms with E-state index >= 15 is 0 Å². The summed E-state index contributed by atoms with van der Waals surface area (Å²) in [5.41, 5.74) is 0. The Balaban J connectivity index is 2.62. The van der Waals surface area contributed by atoms with Gasteiger partial charge in [-0.1, -0.05) is 0 Å². The van der Waals surface area contributed by atoms with Crippen molar-refractivity contribution in [3.63, 3.8) is 0 Å². The van der Waals surface area contributed by atoms with Crippen LogP contribution in [0.3, 0.4) is 0 Å². The molecule has 0 spiro atoms. The highest BCUT2D eigenvalue weighted by Gasteiger charge is 2.12. The Morgan fingerprint density at radius 1 is 1.64 bits per heavy atom. The van der Waals surface area contributed by atoms with Gasteiger partial charge in [-0.15, -0.1) is 0 Å². The molecule has 0 radical (unpaired) electrons. The number of likely N-dealkylation sites (N-methyl/N-ethyl adjacent to an activating group) is 1. The molecule has 0 aliphatic rings. The van der Waals surface area contributed by atoms with Crippen LogP contribution >= 0.6 is 0 Å². The molecule has 0 aromatic carbocycles. The molecular formula is C10H17N3O. The highest BCUT2D eigenvalue weighted by molar-refractivity contribution is 5.76. The monoisotopic (exact) mass is 195 g/mol. The van der Waals surface area contributed by atoms with Gasteiger partial charge in [0.2, 0.25) is 5.91 Å². The summed E-state index contributed by atoms with van der Waals surface area (Å²) < 4.78 is 1.85. The third-order valence-corrected chi connectivity index (χ3v) is 2.40. The van der Waals surface area contributed by atoms with Crippen LogP contribution < -0.4 is 0 Å². The first kappa shape index (κ1) is 10.8. The fourth-order valence-corrected chi connectivity index (χ4v) is 1.12. The average molecular weight is 195 g/mol. The fraction of sp³-hybridized carbons (Fsp3) is 0.600. The predicted octanol–water partition coefficient (Wildman–Crippen LogP) is 1.06. The summed E-state index contributed by atoms with van der Waals surface area (Å²) in [7, 11) is 1.82. The van der Waals surface area contributed by atoms with Crippen LogP contribution in [-0.2, 0) is 11.3 Å². The molecule has 0 unspecified atom stereocenters. The highest BCUT2D eigenvalue weighted by atomic mass is 16.2. The van der Waals surface area contributed by atoms with E-state index in [4.69, 9.17) is 0 Å². The van der Waals surface area contributed by atoms with Crippen LogP contribution in [-0.4, -0.2) is 33.4 Å². The summed E-state index contributed by atoms with van der Waals surface area (Å²) in [6.45, 7) is 6.26. The van der Waals surface area contributed by atoms with Crippen molar-refractivity contribution in [1.29, 1.82) is 0 Å². The van der Waals surface area contributed by atoms with Crippen molar-refractivity contribution in [1.82, 2.24) is 14.5 Å². The first-order valence-corrected chi connectivity index (χ1v) is 4.75. The van der Waals surface area contributed by atoms with Crippen molar-refractivity contribution in [3.05, 3.63) is 18.2 Å². The topological polar surface area (TPSA) is 38.1 Å². The van der Waals surface area contributed by atoms with Gasteiger partial charge in [0.25, 0.3) is 0 Å². The van der Waals surface area contributed by atoms with Gasteiger partial charge in [0.15, 0.2) is 0 Å². The van der Waals surface area contributed by atoms with E-state index in [2.05, 4.69) is 4.98 Å². The molecule has 1 amide bonds. The molecule has 0 aliphatic heterocycles. The van der Waals surface area contributed by atoms with Crippen LogP contribution in [0.5, 0.6) is 0 Å². The number of nitrogens with zero attached hydrogens (tertiary/aromatic N) is 3. The number of amides is 1. The van der Waals surface area contributed by atoms with Gasteiger partial charge >= 0.3 is 0 Å². The predicted molar refractivity (Wildman–Crippen MR) is 54.9 cm³/mol. The summed E-state index contributed by atoms with van der Waals surface area (Å²) in [5, 5.41) is 0. The molecule has 0 N–H and O–H groups in total. The number of hydrogen-bond acceptors (Lipinski definition) is 2. The maximum Gasteiger partial charge on any atom is 0.242 e. The first-order valence-electron chi connectivity index (χ1n) is 4.75. The van der Waals surface area contributed by atoms with Gasteiger partial charge in [-0.2, -0.15) is 0 Å². The average Bonchev–Trinajstić information content (AvgIpc) is 2.50. The normalized spacial score (nSPS) is 10.6. The molecule has 1 heterocycles. The van der Waals surface area contributed by atoms with E-state index < -0.39 is 0 Å².